The fourth-order valence-electron chi connectivity index (χ4n) is 2.27. The van der Waals surface area contributed by atoms with Gasteiger partial charge in [-0.05, 0) is 18.9 Å². The molecular formula is C14H18FN. The first kappa shape index (κ1) is 12.7. The van der Waals surface area contributed by atoms with Crippen LogP contribution in [0.5, 0.6) is 0 Å². The van der Waals surface area contributed by atoms with Crippen molar-refractivity contribution in [3.8, 4) is 6.07 Å². The van der Waals surface area contributed by atoms with Crippen LogP contribution in [0, 0.1) is 17.1 Å². The summed E-state index contributed by atoms with van der Waals surface area (Å²) in [5.41, 5.74) is -0.0873. The maximum atomic E-state index is 13.8. The predicted octanol–water partition coefficient (Wildman–Crippen LogP) is 4.19. The van der Waals surface area contributed by atoms with Gasteiger partial charge in [0.2, 0.25) is 0 Å². The molecule has 0 fully saturated rings. The minimum Gasteiger partial charge on any atom is -0.207 e. The molecule has 0 N–H and O–H groups in total. The smallest absolute Gasteiger partial charge is 0.128 e. The van der Waals surface area contributed by atoms with Gasteiger partial charge in [0.25, 0.3) is 0 Å². The van der Waals surface area contributed by atoms with Gasteiger partial charge in [-0.25, -0.2) is 4.39 Å². The number of benzene rings is 1. The maximum absolute atomic E-state index is 13.8. The highest BCUT2D eigenvalue weighted by Crippen LogP contribution is 2.35. The average molecular weight is 219 g/mol. The summed E-state index contributed by atoms with van der Waals surface area (Å²) in [7, 11) is 0. The monoisotopic (exact) mass is 219 g/mol. The SMILES string of the molecule is CCCC(C#N)(CCC)c1ccccc1F. The summed E-state index contributed by atoms with van der Waals surface area (Å²) < 4.78 is 13.8. The first-order chi connectivity index (χ1) is 7.70. The molecule has 0 saturated heterocycles. The topological polar surface area (TPSA) is 23.8 Å². The lowest BCUT2D eigenvalue weighted by molar-refractivity contribution is 0.430. The maximum Gasteiger partial charge on any atom is 0.128 e. The van der Waals surface area contributed by atoms with Gasteiger partial charge in [0.15, 0.2) is 0 Å². The molecule has 2 heteroatoms. The first-order valence-electron chi connectivity index (χ1n) is 5.86. The van der Waals surface area contributed by atoms with E-state index in [1.54, 1.807) is 18.2 Å². The van der Waals surface area contributed by atoms with Crippen LogP contribution in [-0.2, 0) is 5.41 Å². The summed E-state index contributed by atoms with van der Waals surface area (Å²) in [5, 5.41) is 9.40. The predicted molar refractivity (Wildman–Crippen MR) is 63.5 cm³/mol. The third kappa shape index (κ3) is 2.41. The van der Waals surface area contributed by atoms with Crippen molar-refractivity contribution in [2.75, 3.05) is 0 Å². The number of halogens is 1. The van der Waals surface area contributed by atoms with E-state index in [0.717, 1.165) is 25.7 Å². The average Bonchev–Trinajstić information content (AvgIpc) is 2.29. The number of rotatable bonds is 5. The fourth-order valence-corrected chi connectivity index (χ4v) is 2.27. The van der Waals surface area contributed by atoms with Gasteiger partial charge in [0.1, 0.15) is 5.82 Å². The molecule has 0 aliphatic carbocycles. The standard InChI is InChI=1S/C14H18FN/c1-3-9-14(11-16,10-4-2)12-7-5-6-8-13(12)15/h5-8H,3-4,9-10H2,1-2H3. The summed E-state index contributed by atoms with van der Waals surface area (Å²) in [5.74, 6) is -0.258. The number of nitrogens with zero attached hydrogens (tertiary/aromatic N) is 1. The molecule has 1 nitrogen and oxygen atoms in total. The third-order valence-electron chi connectivity index (χ3n) is 2.96. The Morgan fingerprint density at radius 1 is 1.19 bits per heavy atom. The molecule has 16 heavy (non-hydrogen) atoms. The van der Waals surface area contributed by atoms with Crippen LogP contribution >= 0.6 is 0 Å². The number of hydrogen-bond acceptors (Lipinski definition) is 1. The Bertz CT molecular complexity index is 373. The van der Waals surface area contributed by atoms with Gasteiger partial charge >= 0.3 is 0 Å². The van der Waals surface area contributed by atoms with E-state index in [4.69, 9.17) is 0 Å². The lowest BCUT2D eigenvalue weighted by atomic mass is 9.74. The summed E-state index contributed by atoms with van der Waals surface area (Å²) in [6.45, 7) is 4.06. The molecule has 0 spiro atoms. The quantitative estimate of drug-likeness (QED) is 0.728. The Kier molecular flexibility index (Phi) is 4.49. The molecular weight excluding hydrogens is 201 g/mol. The number of nitriles is 1. The van der Waals surface area contributed by atoms with Crippen LogP contribution in [0.3, 0.4) is 0 Å². The molecule has 0 aliphatic heterocycles. The van der Waals surface area contributed by atoms with E-state index in [1.165, 1.54) is 6.07 Å². The van der Waals surface area contributed by atoms with Gasteiger partial charge < -0.3 is 0 Å². The fraction of sp³-hybridized carbons (Fsp3) is 0.500. The van der Waals surface area contributed by atoms with Gasteiger partial charge in [0.05, 0.1) is 11.5 Å². The molecule has 0 aliphatic rings. The van der Waals surface area contributed by atoms with Gasteiger partial charge in [-0.15, -0.1) is 0 Å². The van der Waals surface area contributed by atoms with Crippen LogP contribution in [0.2, 0.25) is 0 Å². The second kappa shape index (κ2) is 5.65. The van der Waals surface area contributed by atoms with Gasteiger partial charge in [0, 0.05) is 5.56 Å². The zero-order valence-corrected chi connectivity index (χ0v) is 9.96. The second-order valence-electron chi connectivity index (χ2n) is 4.17. The van der Waals surface area contributed by atoms with Crippen molar-refractivity contribution in [3.05, 3.63) is 35.6 Å². The largest absolute Gasteiger partial charge is 0.207 e. The molecule has 1 aromatic carbocycles. The Morgan fingerprint density at radius 2 is 1.75 bits per heavy atom. The first-order valence-corrected chi connectivity index (χ1v) is 5.86. The Labute approximate surface area is 96.9 Å². The Hall–Kier alpha value is -1.36. The van der Waals surface area contributed by atoms with E-state index in [0.29, 0.717) is 5.56 Å². The minimum atomic E-state index is -0.644. The van der Waals surface area contributed by atoms with E-state index in [-0.39, 0.29) is 5.82 Å². The van der Waals surface area contributed by atoms with Crippen LogP contribution in [0.25, 0.3) is 0 Å². The minimum absolute atomic E-state index is 0.258. The van der Waals surface area contributed by atoms with Crippen molar-refractivity contribution in [2.24, 2.45) is 0 Å². The molecule has 0 amide bonds. The summed E-state index contributed by atoms with van der Waals surface area (Å²) in [4.78, 5) is 0. The van der Waals surface area contributed by atoms with E-state index in [9.17, 15) is 9.65 Å². The van der Waals surface area contributed by atoms with E-state index in [2.05, 4.69) is 6.07 Å². The van der Waals surface area contributed by atoms with Crippen molar-refractivity contribution >= 4 is 0 Å². The highest BCUT2D eigenvalue weighted by Gasteiger charge is 2.32. The highest BCUT2D eigenvalue weighted by molar-refractivity contribution is 5.33. The molecule has 0 atom stereocenters. The van der Waals surface area contributed by atoms with E-state index < -0.39 is 5.41 Å². The highest BCUT2D eigenvalue weighted by atomic mass is 19.1. The van der Waals surface area contributed by atoms with Crippen LogP contribution in [0.4, 0.5) is 4.39 Å². The van der Waals surface area contributed by atoms with Crippen LogP contribution in [-0.4, -0.2) is 0 Å². The van der Waals surface area contributed by atoms with Gasteiger partial charge in [-0.3, -0.25) is 0 Å². The van der Waals surface area contributed by atoms with Crippen molar-refractivity contribution in [2.45, 2.75) is 44.9 Å². The molecule has 1 rings (SSSR count). The summed E-state index contributed by atoms with van der Waals surface area (Å²) in [6.07, 6.45) is 3.22. The van der Waals surface area contributed by atoms with Gasteiger partial charge in [-0.1, -0.05) is 44.9 Å². The van der Waals surface area contributed by atoms with Crippen LogP contribution in [0.15, 0.2) is 24.3 Å². The van der Waals surface area contributed by atoms with Crippen molar-refractivity contribution in [1.29, 1.82) is 5.26 Å². The molecule has 0 heterocycles. The second-order valence-corrected chi connectivity index (χ2v) is 4.17. The zero-order valence-electron chi connectivity index (χ0n) is 9.96. The van der Waals surface area contributed by atoms with E-state index >= 15 is 0 Å². The van der Waals surface area contributed by atoms with E-state index in [1.807, 2.05) is 13.8 Å². The lowest BCUT2D eigenvalue weighted by Crippen LogP contribution is -2.25. The van der Waals surface area contributed by atoms with Crippen molar-refractivity contribution < 1.29 is 4.39 Å². The summed E-state index contributed by atoms with van der Waals surface area (Å²) in [6, 6.07) is 8.98. The Balaban J connectivity index is 3.20. The third-order valence-corrected chi connectivity index (χ3v) is 2.96. The molecule has 0 bridgehead atoms. The molecule has 0 unspecified atom stereocenters. The number of hydrogen-bond donors (Lipinski definition) is 0. The lowest BCUT2D eigenvalue weighted by Gasteiger charge is -2.26. The summed E-state index contributed by atoms with van der Waals surface area (Å²) >= 11 is 0. The zero-order chi connectivity index (χ0) is 12.0. The van der Waals surface area contributed by atoms with Crippen LogP contribution < -0.4 is 0 Å². The van der Waals surface area contributed by atoms with Crippen molar-refractivity contribution in [1.82, 2.24) is 0 Å². The molecule has 86 valence electrons. The van der Waals surface area contributed by atoms with Crippen molar-refractivity contribution in [3.63, 3.8) is 0 Å². The molecule has 0 aromatic heterocycles. The molecule has 0 saturated carbocycles. The molecule has 1 aromatic rings. The Morgan fingerprint density at radius 3 is 2.19 bits per heavy atom. The van der Waals surface area contributed by atoms with Crippen LogP contribution in [0.1, 0.15) is 45.1 Å². The normalized spacial score (nSPS) is 11.1. The van der Waals surface area contributed by atoms with Gasteiger partial charge in [-0.2, -0.15) is 5.26 Å². The molecule has 0 radical (unpaired) electrons.